The van der Waals surface area contributed by atoms with E-state index in [-0.39, 0.29) is 13.0 Å². The van der Waals surface area contributed by atoms with Gasteiger partial charge < -0.3 is 5.11 Å². The van der Waals surface area contributed by atoms with Crippen molar-refractivity contribution in [3.8, 4) is 0 Å². The Morgan fingerprint density at radius 1 is 1.20 bits per heavy atom. The first-order valence-corrected chi connectivity index (χ1v) is 6.11. The summed E-state index contributed by atoms with van der Waals surface area (Å²) < 4.78 is 25.7. The summed E-state index contributed by atoms with van der Waals surface area (Å²) in [5.41, 5.74) is 0. The molecule has 0 aromatic carbocycles. The van der Waals surface area contributed by atoms with Crippen molar-refractivity contribution in [2.45, 2.75) is 19.8 Å². The Kier molecular flexibility index (Phi) is 5.77. The summed E-state index contributed by atoms with van der Waals surface area (Å²) in [5, 5.41) is 8.43. The SMILES string of the molecule is CCCN(C)S(=O)(=O)N(C)CCC(=O)O. The highest BCUT2D eigenvalue weighted by atomic mass is 32.2. The molecule has 15 heavy (non-hydrogen) atoms. The predicted octanol–water partition coefficient (Wildman–Crippen LogP) is -0.0205. The van der Waals surface area contributed by atoms with Crippen molar-refractivity contribution >= 4 is 16.2 Å². The Bertz CT molecular complexity index is 302. The van der Waals surface area contributed by atoms with E-state index < -0.39 is 16.2 Å². The summed E-state index contributed by atoms with van der Waals surface area (Å²) in [6.07, 6.45) is 0.540. The fourth-order valence-corrected chi connectivity index (χ4v) is 2.25. The zero-order valence-electron chi connectivity index (χ0n) is 9.30. The molecule has 6 nitrogen and oxygen atoms in total. The second-order valence-electron chi connectivity index (χ2n) is 3.29. The lowest BCUT2D eigenvalue weighted by Gasteiger charge is -2.23. The van der Waals surface area contributed by atoms with E-state index in [1.807, 2.05) is 6.92 Å². The third kappa shape index (κ3) is 4.59. The second kappa shape index (κ2) is 6.04. The normalized spacial score (nSPS) is 12.3. The summed E-state index contributed by atoms with van der Waals surface area (Å²) in [4.78, 5) is 10.3. The van der Waals surface area contributed by atoms with Crippen LogP contribution < -0.4 is 0 Å². The third-order valence-electron chi connectivity index (χ3n) is 1.97. The van der Waals surface area contributed by atoms with Crippen LogP contribution in [0.1, 0.15) is 19.8 Å². The molecule has 0 heterocycles. The van der Waals surface area contributed by atoms with E-state index in [4.69, 9.17) is 5.11 Å². The minimum atomic E-state index is -3.49. The van der Waals surface area contributed by atoms with E-state index in [2.05, 4.69) is 0 Å². The third-order valence-corrected chi connectivity index (χ3v) is 3.91. The number of carbonyl (C=O) groups is 1. The summed E-state index contributed by atoms with van der Waals surface area (Å²) in [6.45, 7) is 2.30. The van der Waals surface area contributed by atoms with Crippen LogP contribution in [0.4, 0.5) is 0 Å². The molecule has 0 saturated heterocycles. The lowest BCUT2D eigenvalue weighted by atomic mass is 10.4. The molecule has 0 bridgehead atoms. The minimum Gasteiger partial charge on any atom is -0.481 e. The lowest BCUT2D eigenvalue weighted by Crippen LogP contribution is -2.40. The van der Waals surface area contributed by atoms with E-state index >= 15 is 0 Å². The van der Waals surface area contributed by atoms with Crippen molar-refractivity contribution < 1.29 is 18.3 Å². The zero-order valence-corrected chi connectivity index (χ0v) is 10.1. The number of hydrogen-bond acceptors (Lipinski definition) is 3. The number of nitrogens with zero attached hydrogens (tertiary/aromatic N) is 2. The molecule has 0 aromatic heterocycles. The van der Waals surface area contributed by atoms with Gasteiger partial charge in [0.15, 0.2) is 0 Å². The largest absolute Gasteiger partial charge is 0.481 e. The van der Waals surface area contributed by atoms with Gasteiger partial charge in [0.1, 0.15) is 0 Å². The van der Waals surface area contributed by atoms with Crippen molar-refractivity contribution in [1.82, 2.24) is 8.61 Å². The molecular weight excluding hydrogens is 220 g/mol. The van der Waals surface area contributed by atoms with Gasteiger partial charge in [-0.15, -0.1) is 0 Å². The maximum absolute atomic E-state index is 11.7. The van der Waals surface area contributed by atoms with Crippen LogP contribution in [-0.4, -0.2) is 55.3 Å². The highest BCUT2D eigenvalue weighted by Crippen LogP contribution is 2.04. The van der Waals surface area contributed by atoms with Crippen LogP contribution in [0.15, 0.2) is 0 Å². The van der Waals surface area contributed by atoms with Crippen molar-refractivity contribution in [2.75, 3.05) is 27.2 Å². The number of hydrogen-bond donors (Lipinski definition) is 1. The number of carboxylic acid groups (broad SMARTS) is 1. The molecule has 0 saturated carbocycles. The van der Waals surface area contributed by atoms with Crippen molar-refractivity contribution in [3.63, 3.8) is 0 Å². The number of rotatable bonds is 7. The summed E-state index contributed by atoms with van der Waals surface area (Å²) in [5.74, 6) is -1.00. The molecule has 0 aromatic rings. The van der Waals surface area contributed by atoms with Gasteiger partial charge in [-0.1, -0.05) is 6.92 Å². The van der Waals surface area contributed by atoms with Gasteiger partial charge in [-0.25, -0.2) is 0 Å². The average Bonchev–Trinajstić information content (AvgIpc) is 2.14. The van der Waals surface area contributed by atoms with E-state index in [1.54, 1.807) is 0 Å². The molecule has 0 amide bonds. The zero-order chi connectivity index (χ0) is 12.1. The maximum atomic E-state index is 11.7. The quantitative estimate of drug-likeness (QED) is 0.676. The number of aliphatic carboxylic acids is 1. The Morgan fingerprint density at radius 3 is 2.07 bits per heavy atom. The fraction of sp³-hybridized carbons (Fsp3) is 0.875. The molecule has 0 rings (SSSR count). The minimum absolute atomic E-state index is 0.00821. The molecule has 0 aliphatic rings. The van der Waals surface area contributed by atoms with Crippen LogP contribution in [0.25, 0.3) is 0 Å². The molecule has 0 aliphatic carbocycles. The standard InChI is InChI=1S/C8H18N2O4S/c1-4-6-9(2)15(13,14)10(3)7-5-8(11)12/h4-7H2,1-3H3,(H,11,12). The molecule has 0 unspecified atom stereocenters. The smallest absolute Gasteiger partial charge is 0.304 e. The van der Waals surface area contributed by atoms with Gasteiger partial charge in [-0.3, -0.25) is 4.79 Å². The van der Waals surface area contributed by atoms with Crippen LogP contribution >= 0.6 is 0 Å². The molecule has 0 radical (unpaired) electrons. The Balaban J connectivity index is 4.38. The molecule has 90 valence electrons. The van der Waals surface area contributed by atoms with Crippen molar-refractivity contribution in [2.24, 2.45) is 0 Å². The first-order chi connectivity index (χ1) is 6.82. The van der Waals surface area contributed by atoms with Crippen LogP contribution in [0.2, 0.25) is 0 Å². The van der Waals surface area contributed by atoms with Crippen molar-refractivity contribution in [3.05, 3.63) is 0 Å². The Labute approximate surface area is 90.7 Å². The summed E-state index contributed by atoms with van der Waals surface area (Å²) in [6, 6.07) is 0. The van der Waals surface area contributed by atoms with E-state index in [9.17, 15) is 13.2 Å². The molecule has 0 spiro atoms. The van der Waals surface area contributed by atoms with Gasteiger partial charge in [0.05, 0.1) is 6.42 Å². The molecule has 0 fully saturated rings. The Morgan fingerprint density at radius 2 is 1.67 bits per heavy atom. The van der Waals surface area contributed by atoms with E-state index in [0.29, 0.717) is 6.54 Å². The van der Waals surface area contributed by atoms with Crippen LogP contribution in [0, 0.1) is 0 Å². The molecule has 7 heteroatoms. The monoisotopic (exact) mass is 238 g/mol. The lowest BCUT2D eigenvalue weighted by molar-refractivity contribution is -0.137. The van der Waals surface area contributed by atoms with Crippen LogP contribution in [0.5, 0.6) is 0 Å². The van der Waals surface area contributed by atoms with Crippen LogP contribution in [0.3, 0.4) is 0 Å². The van der Waals surface area contributed by atoms with E-state index in [1.165, 1.54) is 18.4 Å². The van der Waals surface area contributed by atoms with Gasteiger partial charge in [-0.05, 0) is 6.42 Å². The highest BCUT2D eigenvalue weighted by molar-refractivity contribution is 7.86. The summed E-state index contributed by atoms with van der Waals surface area (Å²) in [7, 11) is -0.632. The summed E-state index contributed by atoms with van der Waals surface area (Å²) >= 11 is 0. The molecule has 1 N–H and O–H groups in total. The van der Waals surface area contributed by atoms with Gasteiger partial charge in [-0.2, -0.15) is 17.0 Å². The number of carboxylic acids is 1. The first kappa shape index (κ1) is 14.3. The first-order valence-electron chi connectivity index (χ1n) is 4.71. The highest BCUT2D eigenvalue weighted by Gasteiger charge is 2.22. The Hall–Kier alpha value is -0.660. The molecule has 0 atom stereocenters. The van der Waals surface area contributed by atoms with Crippen molar-refractivity contribution in [1.29, 1.82) is 0 Å². The molecule has 0 aliphatic heterocycles. The maximum Gasteiger partial charge on any atom is 0.304 e. The van der Waals surface area contributed by atoms with Gasteiger partial charge in [0.25, 0.3) is 10.2 Å². The van der Waals surface area contributed by atoms with Crippen LogP contribution in [-0.2, 0) is 15.0 Å². The fourth-order valence-electron chi connectivity index (χ4n) is 1.04. The molecular formula is C8H18N2O4S. The van der Waals surface area contributed by atoms with Gasteiger partial charge in [0, 0.05) is 27.2 Å². The van der Waals surface area contributed by atoms with Gasteiger partial charge in [0.2, 0.25) is 0 Å². The predicted molar refractivity (Wildman–Crippen MR) is 56.7 cm³/mol. The van der Waals surface area contributed by atoms with Gasteiger partial charge >= 0.3 is 5.97 Å². The second-order valence-corrected chi connectivity index (χ2v) is 5.44. The topological polar surface area (TPSA) is 77.9 Å². The average molecular weight is 238 g/mol. The van der Waals surface area contributed by atoms with E-state index in [0.717, 1.165) is 10.7 Å².